The number of rotatable bonds is 2. The van der Waals surface area contributed by atoms with Gasteiger partial charge in [-0.15, -0.1) is 0 Å². The van der Waals surface area contributed by atoms with Crippen LogP contribution in [0.5, 0.6) is 0 Å². The summed E-state index contributed by atoms with van der Waals surface area (Å²) in [6.45, 7) is 3.85. The van der Waals surface area contributed by atoms with Gasteiger partial charge in [0.15, 0.2) is 5.43 Å². The minimum absolute atomic E-state index is 0.0539. The van der Waals surface area contributed by atoms with Crippen molar-refractivity contribution < 1.29 is 4.79 Å². The fourth-order valence-corrected chi connectivity index (χ4v) is 4.03. The topological polar surface area (TPSA) is 56.4 Å². The molecule has 2 aromatic rings. The second-order valence-electron chi connectivity index (χ2n) is 6.88. The van der Waals surface area contributed by atoms with E-state index in [2.05, 4.69) is 9.88 Å². The lowest BCUT2D eigenvalue weighted by Gasteiger charge is -2.37. The second-order valence-corrected chi connectivity index (χ2v) is 6.88. The van der Waals surface area contributed by atoms with Gasteiger partial charge in [-0.1, -0.05) is 12.1 Å². The van der Waals surface area contributed by atoms with Crippen molar-refractivity contribution in [1.29, 1.82) is 0 Å². The maximum absolute atomic E-state index is 12.9. The number of fused-ring (bicyclic) bond motifs is 1. The standard InChI is InChI=1S/C19H23N3O2/c23-18-12-17(20-16-8-2-1-7-15(16)18)19(24)22-11-5-6-14(13-22)21-9-3-4-10-21/h1-2,7-8,12,14H,3-6,9-11,13H2,(H,20,23). The number of para-hydroxylation sites is 1. The fraction of sp³-hybridized carbons (Fsp3) is 0.474. The van der Waals surface area contributed by atoms with E-state index in [-0.39, 0.29) is 11.3 Å². The molecule has 1 unspecified atom stereocenters. The molecule has 24 heavy (non-hydrogen) atoms. The summed E-state index contributed by atoms with van der Waals surface area (Å²) in [4.78, 5) is 32.7. The first-order chi connectivity index (χ1) is 11.7. The number of carbonyl (C=O) groups is 1. The van der Waals surface area contributed by atoms with E-state index >= 15 is 0 Å². The molecule has 2 aliphatic rings. The van der Waals surface area contributed by atoms with E-state index in [4.69, 9.17) is 0 Å². The first-order valence-corrected chi connectivity index (χ1v) is 8.88. The van der Waals surface area contributed by atoms with Crippen LogP contribution in [0.4, 0.5) is 0 Å². The van der Waals surface area contributed by atoms with E-state index in [1.165, 1.54) is 18.9 Å². The van der Waals surface area contributed by atoms with Crippen LogP contribution in [-0.2, 0) is 0 Å². The summed E-state index contributed by atoms with van der Waals surface area (Å²) in [5, 5.41) is 0.627. The maximum Gasteiger partial charge on any atom is 0.270 e. The van der Waals surface area contributed by atoms with Gasteiger partial charge in [0.1, 0.15) is 5.69 Å². The van der Waals surface area contributed by atoms with Gasteiger partial charge in [-0.2, -0.15) is 0 Å². The Balaban J connectivity index is 1.57. The van der Waals surface area contributed by atoms with Crippen LogP contribution < -0.4 is 5.43 Å². The number of pyridine rings is 1. The van der Waals surface area contributed by atoms with Crippen LogP contribution in [0.3, 0.4) is 0 Å². The monoisotopic (exact) mass is 325 g/mol. The van der Waals surface area contributed by atoms with E-state index in [9.17, 15) is 9.59 Å². The molecule has 1 aromatic heterocycles. The summed E-state index contributed by atoms with van der Waals surface area (Å²) < 4.78 is 0. The normalized spacial score (nSPS) is 22.2. The lowest BCUT2D eigenvalue weighted by molar-refractivity contribution is 0.0602. The average Bonchev–Trinajstić information content (AvgIpc) is 3.16. The second kappa shape index (κ2) is 6.40. The molecule has 0 aliphatic carbocycles. The highest BCUT2D eigenvalue weighted by atomic mass is 16.2. The Morgan fingerprint density at radius 1 is 1.08 bits per heavy atom. The van der Waals surface area contributed by atoms with Gasteiger partial charge in [-0.3, -0.25) is 14.5 Å². The van der Waals surface area contributed by atoms with Crippen molar-refractivity contribution in [2.75, 3.05) is 26.2 Å². The number of nitrogens with zero attached hydrogens (tertiary/aromatic N) is 2. The minimum Gasteiger partial charge on any atom is -0.350 e. The minimum atomic E-state index is -0.0965. The van der Waals surface area contributed by atoms with Gasteiger partial charge < -0.3 is 9.88 Å². The van der Waals surface area contributed by atoms with Crippen LogP contribution in [0.15, 0.2) is 35.1 Å². The fourth-order valence-electron chi connectivity index (χ4n) is 4.03. The third-order valence-electron chi connectivity index (χ3n) is 5.31. The highest BCUT2D eigenvalue weighted by Crippen LogP contribution is 2.21. The van der Waals surface area contributed by atoms with Crippen molar-refractivity contribution in [1.82, 2.24) is 14.8 Å². The van der Waals surface area contributed by atoms with Crippen LogP contribution in [0.25, 0.3) is 10.9 Å². The molecular weight excluding hydrogens is 302 g/mol. The Hall–Kier alpha value is -2.14. The van der Waals surface area contributed by atoms with Crippen molar-refractivity contribution in [2.24, 2.45) is 0 Å². The first-order valence-electron chi connectivity index (χ1n) is 8.88. The van der Waals surface area contributed by atoms with Crippen molar-refractivity contribution >= 4 is 16.8 Å². The van der Waals surface area contributed by atoms with Crippen molar-refractivity contribution in [3.8, 4) is 0 Å². The Kier molecular flexibility index (Phi) is 4.10. The van der Waals surface area contributed by atoms with Gasteiger partial charge in [0.05, 0.1) is 0 Å². The molecule has 5 nitrogen and oxygen atoms in total. The quantitative estimate of drug-likeness (QED) is 0.921. The number of carbonyl (C=O) groups excluding carboxylic acids is 1. The maximum atomic E-state index is 12.9. The third kappa shape index (κ3) is 2.84. The van der Waals surface area contributed by atoms with Crippen molar-refractivity contribution in [3.05, 3.63) is 46.2 Å². The number of likely N-dealkylation sites (tertiary alicyclic amines) is 2. The highest BCUT2D eigenvalue weighted by molar-refractivity contribution is 5.94. The number of amides is 1. The lowest BCUT2D eigenvalue weighted by Crippen LogP contribution is -2.49. The summed E-state index contributed by atoms with van der Waals surface area (Å²) >= 11 is 0. The van der Waals surface area contributed by atoms with Crippen LogP contribution in [0.2, 0.25) is 0 Å². The number of hydrogen-bond acceptors (Lipinski definition) is 3. The van der Waals surface area contributed by atoms with E-state index < -0.39 is 0 Å². The summed E-state index contributed by atoms with van der Waals surface area (Å²) in [5.74, 6) is -0.0539. The molecule has 126 valence electrons. The Morgan fingerprint density at radius 2 is 1.88 bits per heavy atom. The van der Waals surface area contributed by atoms with Crippen LogP contribution in [0, 0.1) is 0 Å². The average molecular weight is 325 g/mol. The van der Waals surface area contributed by atoms with Crippen molar-refractivity contribution in [2.45, 2.75) is 31.7 Å². The van der Waals surface area contributed by atoms with E-state index in [0.717, 1.165) is 44.5 Å². The number of piperidine rings is 1. The number of aromatic amines is 1. The molecular formula is C19H23N3O2. The van der Waals surface area contributed by atoms with E-state index in [0.29, 0.717) is 17.1 Å². The van der Waals surface area contributed by atoms with Gasteiger partial charge in [-0.05, 0) is 50.9 Å². The SMILES string of the molecule is O=C(c1cc(=O)c2ccccc2[nH]1)N1CCCC(N2CCCC2)C1. The Morgan fingerprint density at radius 3 is 2.71 bits per heavy atom. The zero-order valence-electron chi connectivity index (χ0n) is 13.8. The molecule has 0 spiro atoms. The summed E-state index contributed by atoms with van der Waals surface area (Å²) in [7, 11) is 0. The largest absolute Gasteiger partial charge is 0.350 e. The molecule has 5 heteroatoms. The number of H-pyrrole nitrogens is 1. The number of nitrogens with one attached hydrogen (secondary N) is 1. The zero-order chi connectivity index (χ0) is 16.5. The van der Waals surface area contributed by atoms with Gasteiger partial charge >= 0.3 is 0 Å². The molecule has 0 bridgehead atoms. The molecule has 2 fully saturated rings. The van der Waals surface area contributed by atoms with Gasteiger partial charge in [0.25, 0.3) is 5.91 Å². The van der Waals surface area contributed by atoms with Crippen molar-refractivity contribution in [3.63, 3.8) is 0 Å². The molecule has 1 N–H and O–H groups in total. The van der Waals surface area contributed by atoms with E-state index in [1.54, 1.807) is 6.07 Å². The molecule has 0 radical (unpaired) electrons. The summed E-state index contributed by atoms with van der Waals surface area (Å²) in [5.41, 5.74) is 1.03. The summed E-state index contributed by atoms with van der Waals surface area (Å²) in [6, 6.07) is 9.26. The molecule has 1 aromatic carbocycles. The predicted molar refractivity (Wildman–Crippen MR) is 94.3 cm³/mol. The number of benzene rings is 1. The number of aromatic nitrogens is 1. The molecule has 4 rings (SSSR count). The van der Waals surface area contributed by atoms with Gasteiger partial charge in [-0.25, -0.2) is 0 Å². The smallest absolute Gasteiger partial charge is 0.270 e. The molecule has 2 aliphatic heterocycles. The number of hydrogen-bond donors (Lipinski definition) is 1. The Labute approximate surface area is 141 Å². The zero-order valence-corrected chi connectivity index (χ0v) is 13.8. The highest BCUT2D eigenvalue weighted by Gasteiger charge is 2.30. The molecule has 2 saturated heterocycles. The van der Waals surface area contributed by atoms with Crippen LogP contribution >= 0.6 is 0 Å². The third-order valence-corrected chi connectivity index (χ3v) is 5.31. The first kappa shape index (κ1) is 15.4. The molecule has 1 atom stereocenters. The van der Waals surface area contributed by atoms with Crippen LogP contribution in [-0.4, -0.2) is 52.9 Å². The lowest BCUT2D eigenvalue weighted by atomic mass is 10.0. The molecule has 1 amide bonds. The summed E-state index contributed by atoms with van der Waals surface area (Å²) in [6.07, 6.45) is 4.73. The van der Waals surface area contributed by atoms with Crippen LogP contribution in [0.1, 0.15) is 36.2 Å². The van der Waals surface area contributed by atoms with Gasteiger partial charge in [0, 0.05) is 36.1 Å². The molecule has 0 saturated carbocycles. The van der Waals surface area contributed by atoms with Gasteiger partial charge in [0.2, 0.25) is 0 Å². The Bertz CT molecular complexity index is 808. The van der Waals surface area contributed by atoms with E-state index in [1.807, 2.05) is 23.1 Å². The predicted octanol–water partition coefficient (Wildman–Crippen LogP) is 2.23. The molecule has 3 heterocycles.